The van der Waals surface area contributed by atoms with Gasteiger partial charge in [-0.3, -0.25) is 9.52 Å². The molecule has 0 spiro atoms. The Bertz CT molecular complexity index is 1120. The molecule has 182 valence electrons. The van der Waals surface area contributed by atoms with Crippen molar-refractivity contribution in [3.05, 3.63) is 63.1 Å². The maximum absolute atomic E-state index is 12.6. The number of anilines is 1. The summed E-state index contributed by atoms with van der Waals surface area (Å²) >= 11 is 12.4. The van der Waals surface area contributed by atoms with Crippen molar-refractivity contribution in [3.63, 3.8) is 0 Å². The average molecular weight is 537 g/mol. The number of likely N-dealkylation sites (N-methyl/N-ethyl adjacent to an activating group) is 1. The van der Waals surface area contributed by atoms with Crippen molar-refractivity contribution in [2.75, 3.05) is 18.3 Å². The number of alkyl halides is 6. The van der Waals surface area contributed by atoms with Crippen molar-refractivity contribution in [2.45, 2.75) is 24.1 Å². The lowest BCUT2D eigenvalue weighted by molar-refractivity contribution is -0.156. The van der Waals surface area contributed by atoms with Gasteiger partial charge in [0.2, 0.25) is 6.29 Å². The van der Waals surface area contributed by atoms with E-state index in [1.165, 1.54) is 18.2 Å². The average Bonchev–Trinajstić information content (AvgIpc) is 2.67. The van der Waals surface area contributed by atoms with Gasteiger partial charge in [0.25, 0.3) is 0 Å². The van der Waals surface area contributed by atoms with E-state index in [-0.39, 0.29) is 11.6 Å². The van der Waals surface area contributed by atoms with Crippen molar-refractivity contribution < 1.29 is 39.6 Å². The zero-order valence-corrected chi connectivity index (χ0v) is 19.0. The third kappa shape index (κ3) is 7.23. The van der Waals surface area contributed by atoms with Crippen LogP contribution in [0.4, 0.5) is 32.0 Å². The van der Waals surface area contributed by atoms with Crippen molar-refractivity contribution in [2.24, 2.45) is 0 Å². The van der Waals surface area contributed by atoms with Crippen LogP contribution in [0.5, 0.6) is 0 Å². The second-order valence-corrected chi connectivity index (χ2v) is 9.56. The highest BCUT2D eigenvalue weighted by atomic mass is 35.5. The summed E-state index contributed by atoms with van der Waals surface area (Å²) in [5.41, 5.74) is -3.12. The van der Waals surface area contributed by atoms with E-state index < -0.39 is 28.0 Å². The van der Waals surface area contributed by atoms with Gasteiger partial charge in [0.1, 0.15) is 0 Å². The molecule has 3 rings (SSSR count). The molecular weight excluding hydrogens is 521 g/mol. The Balaban J connectivity index is 0.000000569. The number of hydrogen-bond acceptors (Lipinski definition) is 4. The van der Waals surface area contributed by atoms with E-state index in [9.17, 15) is 34.8 Å². The lowest BCUT2D eigenvalue weighted by atomic mass is 9.84. The van der Waals surface area contributed by atoms with Crippen molar-refractivity contribution in [3.8, 4) is 0 Å². The highest BCUT2D eigenvalue weighted by Crippen LogP contribution is 2.39. The number of halogens is 8. The van der Waals surface area contributed by atoms with E-state index in [0.717, 1.165) is 11.1 Å². The van der Waals surface area contributed by atoms with Gasteiger partial charge >= 0.3 is 21.7 Å². The van der Waals surface area contributed by atoms with Gasteiger partial charge in [-0.15, -0.1) is 0 Å². The number of sulfonamides is 1. The Morgan fingerprint density at radius 2 is 1.70 bits per heavy atom. The minimum atomic E-state index is -5.49. The number of fused-ring (bicyclic) bond motifs is 1. The molecule has 0 radical (unpaired) electrons. The molecule has 14 heteroatoms. The van der Waals surface area contributed by atoms with Gasteiger partial charge in [0, 0.05) is 34.7 Å². The maximum atomic E-state index is 12.6. The van der Waals surface area contributed by atoms with E-state index in [4.69, 9.17) is 28.0 Å². The highest BCUT2D eigenvalue weighted by Gasteiger charge is 2.46. The number of benzene rings is 2. The Hall–Kier alpha value is -2.02. The van der Waals surface area contributed by atoms with Gasteiger partial charge < -0.3 is 4.90 Å². The molecule has 0 fully saturated rings. The highest BCUT2D eigenvalue weighted by molar-refractivity contribution is 7.93. The molecule has 1 N–H and O–H groups in total. The first kappa shape index (κ1) is 27.2. The van der Waals surface area contributed by atoms with Crippen LogP contribution in [0, 0.1) is 0 Å². The number of rotatable bonds is 3. The first-order chi connectivity index (χ1) is 15.0. The molecule has 0 aromatic heterocycles. The Kier molecular flexibility index (Phi) is 8.32. The van der Waals surface area contributed by atoms with Crippen molar-refractivity contribution >= 4 is 45.2 Å². The molecule has 33 heavy (non-hydrogen) atoms. The smallest absolute Gasteiger partial charge is 0.301 e. The molecule has 5 nitrogen and oxygen atoms in total. The second-order valence-electron chi connectivity index (χ2n) is 7.04. The summed E-state index contributed by atoms with van der Waals surface area (Å²) in [5, 5.41) is 0.977. The van der Waals surface area contributed by atoms with Gasteiger partial charge in [-0.1, -0.05) is 35.3 Å². The van der Waals surface area contributed by atoms with E-state index in [1.807, 2.05) is 11.9 Å². The van der Waals surface area contributed by atoms with Crippen LogP contribution in [0.1, 0.15) is 22.6 Å². The number of nitrogens with zero attached hydrogens (tertiary/aromatic N) is 1. The number of carbonyl (C=O) groups is 1. The summed E-state index contributed by atoms with van der Waals surface area (Å²) < 4.78 is 93.4. The van der Waals surface area contributed by atoms with Crippen LogP contribution in [0.15, 0.2) is 36.4 Å². The van der Waals surface area contributed by atoms with E-state index in [1.54, 1.807) is 22.9 Å². The molecule has 0 bridgehead atoms. The van der Waals surface area contributed by atoms with Crippen LogP contribution >= 0.6 is 23.2 Å². The molecule has 1 unspecified atom stereocenters. The summed E-state index contributed by atoms with van der Waals surface area (Å²) in [6.45, 7) is 1.20. The molecule has 1 heterocycles. The van der Waals surface area contributed by atoms with E-state index in [2.05, 4.69) is 0 Å². The summed E-state index contributed by atoms with van der Waals surface area (Å²) in [7, 11) is -3.59. The molecule has 0 amide bonds. The van der Waals surface area contributed by atoms with Crippen molar-refractivity contribution in [1.29, 1.82) is 0 Å². The standard InChI is InChI=1S/C17H15Cl2F3N2O2S.C2HF3O/c1-24-8-14(13-6-11(18)7-16(19)15(13)9-24)10-3-2-4-12(5-10)23-27(25,26)17(20,21)22;3-2(4,5)1-6/h2-7,14,23H,8-9H2,1H3;1H. The fourth-order valence-corrected chi connectivity index (χ4v) is 4.28. The molecule has 0 aliphatic carbocycles. The molecule has 2 aromatic carbocycles. The molecule has 1 atom stereocenters. The molecule has 0 saturated heterocycles. The topological polar surface area (TPSA) is 66.5 Å². The maximum Gasteiger partial charge on any atom is 0.516 e. The molecule has 0 saturated carbocycles. The summed E-state index contributed by atoms with van der Waals surface area (Å²) in [6, 6.07) is 9.33. The first-order valence-electron chi connectivity index (χ1n) is 8.92. The van der Waals surface area contributed by atoms with Gasteiger partial charge in [-0.05, 0) is 48.0 Å². The molecular formula is C19H16Cl2F6N2O3S. The minimum absolute atomic E-state index is 0.160. The summed E-state index contributed by atoms with van der Waals surface area (Å²) in [5.74, 6) is -0.217. The summed E-state index contributed by atoms with van der Waals surface area (Å²) in [6.07, 6.45) is -5.70. The van der Waals surface area contributed by atoms with Crippen molar-refractivity contribution in [1.82, 2.24) is 4.90 Å². The Morgan fingerprint density at radius 1 is 1.09 bits per heavy atom. The van der Waals surface area contributed by atoms with Crippen LogP contribution in [-0.4, -0.2) is 44.9 Å². The Morgan fingerprint density at radius 3 is 2.24 bits per heavy atom. The third-order valence-corrected chi connectivity index (χ3v) is 6.14. The fourth-order valence-electron chi connectivity index (χ4n) is 3.16. The van der Waals surface area contributed by atoms with E-state index in [0.29, 0.717) is 28.7 Å². The number of hydrogen-bond donors (Lipinski definition) is 1. The van der Waals surface area contributed by atoms with Crippen LogP contribution < -0.4 is 4.72 Å². The Labute approximate surface area is 195 Å². The van der Waals surface area contributed by atoms with Gasteiger partial charge in [0.05, 0.1) is 0 Å². The van der Waals surface area contributed by atoms with Crippen LogP contribution in [0.25, 0.3) is 0 Å². The second kappa shape index (κ2) is 10.1. The zero-order valence-electron chi connectivity index (χ0n) is 16.6. The van der Waals surface area contributed by atoms with E-state index >= 15 is 0 Å². The number of aldehydes is 1. The molecule has 2 aromatic rings. The zero-order chi connectivity index (χ0) is 25.2. The third-order valence-electron chi connectivity index (χ3n) is 4.47. The quantitative estimate of drug-likeness (QED) is 0.410. The normalized spacial score (nSPS) is 16.9. The minimum Gasteiger partial charge on any atom is -0.301 e. The number of nitrogens with one attached hydrogen (secondary N) is 1. The lowest BCUT2D eigenvalue weighted by Crippen LogP contribution is -2.31. The van der Waals surface area contributed by atoms with Gasteiger partial charge in [0.15, 0.2) is 0 Å². The molecule has 1 aliphatic heterocycles. The predicted molar refractivity (Wildman–Crippen MR) is 112 cm³/mol. The largest absolute Gasteiger partial charge is 0.516 e. The predicted octanol–water partition coefficient (Wildman–Crippen LogP) is 5.58. The van der Waals surface area contributed by atoms with Crippen LogP contribution in [0.3, 0.4) is 0 Å². The fraction of sp³-hybridized carbons (Fsp3) is 0.316. The van der Waals surface area contributed by atoms with Crippen LogP contribution in [-0.2, 0) is 21.4 Å². The SMILES string of the molecule is CN1Cc2c(Cl)cc(Cl)cc2C(c2cccc(NS(=O)(=O)C(F)(F)F)c2)C1.O=CC(F)(F)F. The van der Waals surface area contributed by atoms with Gasteiger partial charge in [-0.2, -0.15) is 34.8 Å². The monoisotopic (exact) mass is 536 g/mol. The molecule has 1 aliphatic rings. The van der Waals surface area contributed by atoms with Gasteiger partial charge in [-0.25, -0.2) is 0 Å². The number of carbonyl (C=O) groups excluding carboxylic acids is 1. The summed E-state index contributed by atoms with van der Waals surface area (Å²) in [4.78, 5) is 10.7. The lowest BCUT2D eigenvalue weighted by Gasteiger charge is -2.33. The first-order valence-corrected chi connectivity index (χ1v) is 11.2. The van der Waals surface area contributed by atoms with Crippen LogP contribution in [0.2, 0.25) is 10.0 Å².